The molecule has 0 aliphatic heterocycles. The van der Waals surface area contributed by atoms with E-state index in [9.17, 15) is 0 Å². The molecule has 90 valence electrons. The predicted octanol–water partition coefficient (Wildman–Crippen LogP) is 2.99. The molecule has 0 aliphatic carbocycles. The highest BCUT2D eigenvalue weighted by atomic mass is 14.7. The van der Waals surface area contributed by atoms with Crippen molar-refractivity contribution in [1.29, 1.82) is 5.41 Å². The summed E-state index contributed by atoms with van der Waals surface area (Å²) in [6.07, 6.45) is 0. The zero-order valence-electron chi connectivity index (χ0n) is 11.2. The van der Waals surface area contributed by atoms with Crippen LogP contribution < -0.4 is 5.73 Å². The maximum atomic E-state index is 7.49. The number of nitrogen functional groups attached to an aromatic ring is 1. The predicted molar refractivity (Wildman–Crippen MR) is 73.3 cm³/mol. The summed E-state index contributed by atoms with van der Waals surface area (Å²) < 4.78 is 0. The molecule has 0 radical (unpaired) electrons. The minimum absolute atomic E-state index is 0.000405. The van der Waals surface area contributed by atoms with Crippen LogP contribution in [0.5, 0.6) is 0 Å². The molecule has 17 heavy (non-hydrogen) atoms. The van der Waals surface area contributed by atoms with Crippen molar-refractivity contribution in [3.63, 3.8) is 0 Å². The molecule has 0 fully saturated rings. The van der Waals surface area contributed by atoms with Gasteiger partial charge in [-0.1, -0.05) is 11.8 Å². The number of nitrogens with one attached hydrogen (secondary N) is 1. The molecule has 1 rings (SSSR count). The lowest BCUT2D eigenvalue weighted by Crippen LogP contribution is -2.13. The molecular weight excluding hydrogens is 208 g/mol. The van der Waals surface area contributed by atoms with Crippen molar-refractivity contribution in [2.24, 2.45) is 11.1 Å². The fourth-order valence-electron chi connectivity index (χ4n) is 1.50. The van der Waals surface area contributed by atoms with Crippen LogP contribution in [0.25, 0.3) is 0 Å². The van der Waals surface area contributed by atoms with Gasteiger partial charge < -0.3 is 5.73 Å². The van der Waals surface area contributed by atoms with E-state index in [2.05, 4.69) is 32.6 Å². The van der Waals surface area contributed by atoms with Gasteiger partial charge in [-0.15, -0.1) is 0 Å². The van der Waals surface area contributed by atoms with Crippen LogP contribution in [0.15, 0.2) is 12.1 Å². The van der Waals surface area contributed by atoms with E-state index in [1.165, 1.54) is 0 Å². The average Bonchev–Trinajstić information content (AvgIpc) is 2.17. The topological polar surface area (TPSA) is 49.9 Å². The standard InChI is InChI=1S/C15H20N2/c1-10-9-13(14(16)17)11(2)8-12(10)6-7-15(3,4)5/h8-9H,1-5H3,(H3,16,17). The zero-order chi connectivity index (χ0) is 13.2. The summed E-state index contributed by atoms with van der Waals surface area (Å²) in [6.45, 7) is 10.2. The van der Waals surface area contributed by atoms with E-state index in [0.29, 0.717) is 0 Å². The lowest BCUT2D eigenvalue weighted by molar-refractivity contribution is 0.571. The molecule has 3 N–H and O–H groups in total. The second-order valence-corrected chi connectivity index (χ2v) is 5.40. The molecule has 0 heterocycles. The molecule has 2 nitrogen and oxygen atoms in total. The van der Waals surface area contributed by atoms with Gasteiger partial charge in [0.2, 0.25) is 0 Å². The minimum atomic E-state index is -0.000405. The van der Waals surface area contributed by atoms with E-state index in [-0.39, 0.29) is 11.3 Å². The fraction of sp³-hybridized carbons (Fsp3) is 0.400. The van der Waals surface area contributed by atoms with Crippen LogP contribution >= 0.6 is 0 Å². The van der Waals surface area contributed by atoms with E-state index in [1.807, 2.05) is 26.0 Å². The summed E-state index contributed by atoms with van der Waals surface area (Å²) in [5, 5.41) is 7.49. The second kappa shape index (κ2) is 4.63. The Morgan fingerprint density at radius 3 is 2.24 bits per heavy atom. The van der Waals surface area contributed by atoms with Crippen LogP contribution in [-0.4, -0.2) is 5.84 Å². The Kier molecular flexibility index (Phi) is 3.63. The Bertz CT molecular complexity index is 508. The summed E-state index contributed by atoms with van der Waals surface area (Å²) in [5.41, 5.74) is 9.40. The zero-order valence-corrected chi connectivity index (χ0v) is 11.2. The second-order valence-electron chi connectivity index (χ2n) is 5.40. The van der Waals surface area contributed by atoms with E-state index in [0.717, 1.165) is 22.3 Å². The fourth-order valence-corrected chi connectivity index (χ4v) is 1.50. The summed E-state index contributed by atoms with van der Waals surface area (Å²) in [5.74, 6) is 6.53. The lowest BCUT2D eigenvalue weighted by Gasteiger charge is -2.09. The third-order valence-corrected chi connectivity index (χ3v) is 2.43. The van der Waals surface area contributed by atoms with E-state index < -0.39 is 0 Å². The maximum absolute atomic E-state index is 7.49. The van der Waals surface area contributed by atoms with Gasteiger partial charge in [-0.05, 0) is 57.9 Å². The van der Waals surface area contributed by atoms with Gasteiger partial charge in [0.05, 0.1) is 0 Å². The Labute approximate surface area is 104 Å². The van der Waals surface area contributed by atoms with Gasteiger partial charge in [0.15, 0.2) is 0 Å². The van der Waals surface area contributed by atoms with Gasteiger partial charge >= 0.3 is 0 Å². The number of hydrogen-bond acceptors (Lipinski definition) is 1. The quantitative estimate of drug-likeness (QED) is 0.433. The number of hydrogen-bond donors (Lipinski definition) is 2. The van der Waals surface area contributed by atoms with Crippen molar-refractivity contribution in [3.05, 3.63) is 34.4 Å². The van der Waals surface area contributed by atoms with Gasteiger partial charge in [0.25, 0.3) is 0 Å². The third-order valence-electron chi connectivity index (χ3n) is 2.43. The van der Waals surface area contributed by atoms with Crippen LogP contribution in [0.4, 0.5) is 0 Å². The lowest BCUT2D eigenvalue weighted by atomic mass is 9.95. The molecule has 0 saturated heterocycles. The maximum Gasteiger partial charge on any atom is 0.123 e. The van der Waals surface area contributed by atoms with Gasteiger partial charge in [-0.2, -0.15) is 0 Å². The molecule has 0 unspecified atom stereocenters. The highest BCUT2D eigenvalue weighted by Gasteiger charge is 2.07. The molecular formula is C15H20N2. The Morgan fingerprint density at radius 2 is 1.76 bits per heavy atom. The van der Waals surface area contributed by atoms with Gasteiger partial charge in [0.1, 0.15) is 5.84 Å². The average molecular weight is 228 g/mol. The first-order valence-electron chi connectivity index (χ1n) is 5.69. The molecule has 0 atom stereocenters. The monoisotopic (exact) mass is 228 g/mol. The minimum Gasteiger partial charge on any atom is -0.384 e. The summed E-state index contributed by atoms with van der Waals surface area (Å²) in [7, 11) is 0. The molecule has 0 saturated carbocycles. The van der Waals surface area contributed by atoms with Crippen LogP contribution in [0.2, 0.25) is 0 Å². The van der Waals surface area contributed by atoms with E-state index >= 15 is 0 Å². The SMILES string of the molecule is Cc1cc(C(=N)N)c(C)cc1C#CC(C)(C)C. The molecule has 0 bridgehead atoms. The Morgan fingerprint density at radius 1 is 1.18 bits per heavy atom. The van der Waals surface area contributed by atoms with Crippen LogP contribution in [0, 0.1) is 36.5 Å². The van der Waals surface area contributed by atoms with Crippen LogP contribution in [0.3, 0.4) is 0 Å². The number of benzene rings is 1. The highest BCUT2D eigenvalue weighted by molar-refractivity contribution is 5.96. The third kappa shape index (κ3) is 3.64. The van der Waals surface area contributed by atoms with Gasteiger partial charge in [0, 0.05) is 16.5 Å². The largest absolute Gasteiger partial charge is 0.384 e. The molecule has 0 aromatic heterocycles. The molecule has 0 amide bonds. The van der Waals surface area contributed by atoms with Crippen molar-refractivity contribution in [2.75, 3.05) is 0 Å². The van der Waals surface area contributed by atoms with E-state index in [1.54, 1.807) is 0 Å². The number of nitrogens with two attached hydrogens (primary N) is 1. The molecule has 0 spiro atoms. The smallest absolute Gasteiger partial charge is 0.123 e. The van der Waals surface area contributed by atoms with Crippen molar-refractivity contribution in [3.8, 4) is 11.8 Å². The van der Waals surface area contributed by atoms with Crippen molar-refractivity contribution < 1.29 is 0 Å². The molecule has 2 heteroatoms. The first-order chi connectivity index (χ1) is 7.70. The number of aryl methyl sites for hydroxylation is 2. The highest BCUT2D eigenvalue weighted by Crippen LogP contribution is 2.16. The normalized spacial score (nSPS) is 10.6. The summed E-state index contributed by atoms with van der Waals surface area (Å²) >= 11 is 0. The van der Waals surface area contributed by atoms with Crippen molar-refractivity contribution >= 4 is 5.84 Å². The number of amidine groups is 1. The van der Waals surface area contributed by atoms with Gasteiger partial charge in [-0.25, -0.2) is 0 Å². The van der Waals surface area contributed by atoms with Crippen molar-refractivity contribution in [1.82, 2.24) is 0 Å². The molecule has 1 aromatic carbocycles. The Hall–Kier alpha value is -1.75. The summed E-state index contributed by atoms with van der Waals surface area (Å²) in [4.78, 5) is 0. The summed E-state index contributed by atoms with van der Waals surface area (Å²) in [6, 6.07) is 3.94. The first-order valence-corrected chi connectivity index (χ1v) is 5.69. The molecule has 1 aromatic rings. The number of rotatable bonds is 1. The van der Waals surface area contributed by atoms with Crippen LogP contribution in [-0.2, 0) is 0 Å². The van der Waals surface area contributed by atoms with Crippen LogP contribution in [0.1, 0.15) is 43.0 Å². The Balaban J connectivity index is 3.25. The molecule has 0 aliphatic rings. The van der Waals surface area contributed by atoms with Gasteiger partial charge in [-0.3, -0.25) is 5.41 Å². The van der Waals surface area contributed by atoms with Crippen molar-refractivity contribution in [2.45, 2.75) is 34.6 Å². The van der Waals surface area contributed by atoms with E-state index in [4.69, 9.17) is 11.1 Å². The first kappa shape index (κ1) is 13.3.